The van der Waals surface area contributed by atoms with Gasteiger partial charge in [-0.25, -0.2) is 4.98 Å². The van der Waals surface area contributed by atoms with Gasteiger partial charge in [-0.05, 0) is 41.8 Å². The largest absolute Gasteiger partial charge is 0.309 e. The second-order valence-corrected chi connectivity index (χ2v) is 13.9. The third-order valence-electron chi connectivity index (χ3n) is 8.76. The van der Waals surface area contributed by atoms with E-state index in [1.807, 2.05) is 72.8 Å². The van der Waals surface area contributed by atoms with Crippen molar-refractivity contribution < 1.29 is 4.57 Å². The number of benzene rings is 6. The number of hydrogen-bond acceptors (Lipinski definition) is 2. The Balaban J connectivity index is 1.46. The van der Waals surface area contributed by atoms with E-state index in [0.29, 0.717) is 0 Å². The Morgan fingerprint density at radius 1 is 0.477 bits per heavy atom. The first-order chi connectivity index (χ1) is 21.7. The number of hydrogen-bond donors (Lipinski definition) is 0. The van der Waals surface area contributed by atoms with E-state index in [2.05, 4.69) is 93.9 Å². The van der Waals surface area contributed by atoms with E-state index in [1.165, 1.54) is 10.8 Å². The summed E-state index contributed by atoms with van der Waals surface area (Å²) in [4.78, 5) is 5.39. The lowest BCUT2D eigenvalue weighted by Gasteiger charge is -2.20. The van der Waals surface area contributed by atoms with Crippen LogP contribution in [0.2, 0.25) is 0 Å². The standard InChI is InChI=1S/C39H26N3OP/c43-44(28-16-6-2-7-17-28,29-18-8-3-9-19-29)30-24-25-36-34(26-30)37-39(41(36)27-14-4-1-5-15-27)42-35-23-13-12-21-32(35)31-20-10-11-22-33(31)38(42)40-37/h1-26H. The van der Waals surface area contributed by atoms with E-state index in [0.717, 1.165) is 60.2 Å². The highest BCUT2D eigenvalue weighted by Gasteiger charge is 2.31. The molecule has 208 valence electrons. The van der Waals surface area contributed by atoms with Gasteiger partial charge in [-0.2, -0.15) is 0 Å². The Kier molecular flexibility index (Phi) is 5.44. The molecule has 9 rings (SSSR count). The molecule has 0 bridgehead atoms. The molecule has 0 aliphatic rings. The number of pyridine rings is 1. The van der Waals surface area contributed by atoms with Crippen LogP contribution in [-0.4, -0.2) is 14.0 Å². The average Bonchev–Trinajstić information content (AvgIpc) is 3.64. The van der Waals surface area contributed by atoms with Crippen molar-refractivity contribution in [3.05, 3.63) is 158 Å². The molecule has 0 N–H and O–H groups in total. The van der Waals surface area contributed by atoms with Gasteiger partial charge >= 0.3 is 0 Å². The smallest absolute Gasteiger partial charge is 0.171 e. The molecule has 0 unspecified atom stereocenters. The molecule has 4 nitrogen and oxygen atoms in total. The third kappa shape index (κ3) is 3.46. The molecule has 0 amide bonds. The summed E-state index contributed by atoms with van der Waals surface area (Å²) in [7, 11) is -3.18. The highest BCUT2D eigenvalue weighted by molar-refractivity contribution is 7.85. The maximum atomic E-state index is 15.4. The zero-order chi connectivity index (χ0) is 29.3. The lowest BCUT2D eigenvalue weighted by atomic mass is 10.1. The minimum absolute atomic E-state index is 0.793. The maximum absolute atomic E-state index is 15.4. The van der Waals surface area contributed by atoms with Gasteiger partial charge in [0.15, 0.2) is 12.8 Å². The van der Waals surface area contributed by atoms with E-state index >= 15 is 4.57 Å². The molecule has 5 heteroatoms. The highest BCUT2D eigenvalue weighted by atomic mass is 31.2. The van der Waals surface area contributed by atoms with Crippen molar-refractivity contribution in [1.29, 1.82) is 0 Å². The Bertz CT molecular complexity index is 2530. The van der Waals surface area contributed by atoms with Crippen LogP contribution in [0.15, 0.2) is 158 Å². The Hall–Kier alpha value is -5.44. The minimum atomic E-state index is -3.18. The van der Waals surface area contributed by atoms with Crippen LogP contribution in [0.4, 0.5) is 0 Å². The molecule has 0 spiro atoms. The van der Waals surface area contributed by atoms with Crippen molar-refractivity contribution in [2.24, 2.45) is 0 Å². The van der Waals surface area contributed by atoms with Crippen LogP contribution >= 0.6 is 7.14 Å². The molecule has 0 aliphatic heterocycles. The monoisotopic (exact) mass is 583 g/mol. The summed E-state index contributed by atoms with van der Waals surface area (Å²) in [5.41, 5.74) is 5.97. The summed E-state index contributed by atoms with van der Waals surface area (Å²) in [5, 5.41) is 6.86. The third-order valence-corrected chi connectivity index (χ3v) is 11.8. The quantitative estimate of drug-likeness (QED) is 0.154. The number of imidazole rings is 1. The van der Waals surface area contributed by atoms with Gasteiger partial charge in [0, 0.05) is 37.8 Å². The van der Waals surface area contributed by atoms with Crippen molar-refractivity contribution in [3.8, 4) is 5.69 Å². The first-order valence-corrected chi connectivity index (χ1v) is 16.5. The molecule has 0 saturated carbocycles. The van der Waals surface area contributed by atoms with Crippen molar-refractivity contribution in [2.75, 3.05) is 0 Å². The van der Waals surface area contributed by atoms with Gasteiger partial charge in [0.05, 0.1) is 11.0 Å². The molecule has 0 fully saturated rings. The zero-order valence-electron chi connectivity index (χ0n) is 23.7. The van der Waals surface area contributed by atoms with Gasteiger partial charge in [0.25, 0.3) is 0 Å². The molecule has 0 aliphatic carbocycles. The molecule has 6 aromatic carbocycles. The molecular weight excluding hydrogens is 557 g/mol. The number of fused-ring (bicyclic) bond motifs is 10. The Labute approximate surface area is 253 Å². The summed E-state index contributed by atoms with van der Waals surface area (Å²) in [5.74, 6) is 0. The SMILES string of the molecule is O=P(c1ccccc1)(c1ccccc1)c1ccc2c(c1)c1nc3c4ccccc4c4ccccc4n3c1n2-c1ccccc1. The number of nitrogens with zero attached hydrogens (tertiary/aromatic N) is 3. The minimum Gasteiger partial charge on any atom is -0.309 e. The van der Waals surface area contributed by atoms with Crippen LogP contribution in [0.3, 0.4) is 0 Å². The van der Waals surface area contributed by atoms with Crippen LogP contribution in [0, 0.1) is 0 Å². The van der Waals surface area contributed by atoms with Crippen molar-refractivity contribution in [2.45, 2.75) is 0 Å². The lowest BCUT2D eigenvalue weighted by molar-refractivity contribution is 0.592. The molecule has 3 aromatic heterocycles. The summed E-state index contributed by atoms with van der Waals surface area (Å²) in [6.45, 7) is 0. The van der Waals surface area contributed by atoms with Crippen LogP contribution in [-0.2, 0) is 4.57 Å². The fraction of sp³-hybridized carbons (Fsp3) is 0. The van der Waals surface area contributed by atoms with Crippen LogP contribution in [0.5, 0.6) is 0 Å². The van der Waals surface area contributed by atoms with Gasteiger partial charge in [-0.1, -0.05) is 121 Å². The fourth-order valence-electron chi connectivity index (χ4n) is 6.80. The molecule has 9 aromatic rings. The number of aromatic nitrogens is 3. The predicted molar refractivity (Wildman–Crippen MR) is 184 cm³/mol. The van der Waals surface area contributed by atoms with E-state index < -0.39 is 7.14 Å². The van der Waals surface area contributed by atoms with E-state index in [-0.39, 0.29) is 0 Å². The zero-order valence-corrected chi connectivity index (χ0v) is 24.6. The van der Waals surface area contributed by atoms with Gasteiger partial charge in [0.1, 0.15) is 11.2 Å². The van der Waals surface area contributed by atoms with E-state index in [4.69, 9.17) is 4.98 Å². The lowest BCUT2D eigenvalue weighted by Crippen LogP contribution is -2.24. The van der Waals surface area contributed by atoms with Crippen LogP contribution < -0.4 is 15.9 Å². The number of para-hydroxylation sites is 2. The first-order valence-electron chi connectivity index (χ1n) is 14.8. The molecule has 3 heterocycles. The summed E-state index contributed by atoms with van der Waals surface area (Å²) in [6.07, 6.45) is 0. The normalized spacial score (nSPS) is 12.2. The van der Waals surface area contributed by atoms with Crippen LogP contribution in [0.1, 0.15) is 0 Å². The van der Waals surface area contributed by atoms with Crippen molar-refractivity contribution in [3.63, 3.8) is 0 Å². The fourth-order valence-corrected chi connectivity index (χ4v) is 9.47. The second-order valence-electron chi connectivity index (χ2n) is 11.2. The molecule has 0 atom stereocenters. The van der Waals surface area contributed by atoms with Crippen LogP contribution in [0.25, 0.3) is 55.1 Å². The van der Waals surface area contributed by atoms with Gasteiger partial charge in [0.2, 0.25) is 0 Å². The van der Waals surface area contributed by atoms with Gasteiger partial charge in [-0.15, -0.1) is 0 Å². The van der Waals surface area contributed by atoms with Crippen molar-refractivity contribution >= 4 is 72.4 Å². The van der Waals surface area contributed by atoms with E-state index in [9.17, 15) is 0 Å². The highest BCUT2D eigenvalue weighted by Crippen LogP contribution is 2.44. The topological polar surface area (TPSA) is 39.3 Å². The molecule has 0 radical (unpaired) electrons. The second kappa shape index (κ2) is 9.54. The molecular formula is C39H26N3OP. The predicted octanol–water partition coefficient (Wildman–Crippen LogP) is 8.38. The summed E-state index contributed by atoms with van der Waals surface area (Å²) < 4.78 is 20.0. The Morgan fingerprint density at radius 3 is 1.73 bits per heavy atom. The first kappa shape index (κ1) is 25.1. The maximum Gasteiger partial charge on any atom is 0.171 e. The van der Waals surface area contributed by atoms with E-state index in [1.54, 1.807) is 0 Å². The van der Waals surface area contributed by atoms with Gasteiger partial charge < -0.3 is 4.57 Å². The average molecular weight is 584 g/mol. The summed E-state index contributed by atoms with van der Waals surface area (Å²) >= 11 is 0. The molecule has 0 saturated heterocycles. The van der Waals surface area contributed by atoms with Crippen molar-refractivity contribution in [1.82, 2.24) is 14.0 Å². The number of rotatable bonds is 4. The summed E-state index contributed by atoms with van der Waals surface area (Å²) in [6, 6.07) is 53.5. The van der Waals surface area contributed by atoms with Gasteiger partial charge in [-0.3, -0.25) is 8.97 Å². The Morgan fingerprint density at radius 2 is 1.05 bits per heavy atom. The molecule has 44 heavy (non-hydrogen) atoms.